The first-order valence-corrected chi connectivity index (χ1v) is 6.33. The number of hydrogen-bond donors (Lipinski definition) is 2. The van der Waals surface area contributed by atoms with Crippen molar-refractivity contribution in [3.05, 3.63) is 11.9 Å². The Morgan fingerprint density at radius 2 is 2.53 bits per heavy atom. The van der Waals surface area contributed by atoms with Crippen LogP contribution in [0.5, 0.6) is 0 Å². The van der Waals surface area contributed by atoms with E-state index in [4.69, 9.17) is 12.2 Å². The van der Waals surface area contributed by atoms with Gasteiger partial charge in [0.2, 0.25) is 0 Å². The van der Waals surface area contributed by atoms with Crippen molar-refractivity contribution in [2.24, 2.45) is 5.73 Å². The largest absolute Gasteiger partial charge is 0.350 e. The summed E-state index contributed by atoms with van der Waals surface area (Å²) in [7, 11) is 0. The average Bonchev–Trinajstić information content (AvgIpc) is 2.78. The number of rotatable bonds is 7. The Bertz CT molecular complexity index is 398. The van der Waals surface area contributed by atoms with E-state index in [0.717, 1.165) is 5.75 Å². The van der Waals surface area contributed by atoms with Gasteiger partial charge in [0, 0.05) is 18.8 Å². The average molecular weight is 253 g/mol. The summed E-state index contributed by atoms with van der Waals surface area (Å²) in [5.74, 6) is 3.73. The molecule has 0 fully saturated rings. The summed E-state index contributed by atoms with van der Waals surface area (Å²) in [6.07, 6.45) is 6.68. The second-order valence-electron chi connectivity index (χ2n) is 3.17. The molecule has 92 valence electrons. The number of aromatic nitrogens is 3. The van der Waals surface area contributed by atoms with Gasteiger partial charge in [0.05, 0.1) is 18.5 Å². The molecule has 0 aliphatic rings. The molecule has 1 rings (SSSR count). The fraction of sp³-hybridized carbons (Fsp3) is 0.500. The summed E-state index contributed by atoms with van der Waals surface area (Å²) in [4.78, 5) is 11.6. The lowest BCUT2D eigenvalue weighted by Gasteiger charge is -2.00. The van der Waals surface area contributed by atoms with Crippen LogP contribution in [0.2, 0.25) is 0 Å². The van der Waals surface area contributed by atoms with Crippen molar-refractivity contribution in [2.45, 2.75) is 6.54 Å². The zero-order valence-corrected chi connectivity index (χ0v) is 10.2. The molecule has 0 aliphatic heterocycles. The second kappa shape index (κ2) is 7.70. The van der Waals surface area contributed by atoms with Gasteiger partial charge in [-0.1, -0.05) is 11.1 Å². The van der Waals surface area contributed by atoms with Crippen LogP contribution in [-0.4, -0.2) is 45.5 Å². The Kier molecular flexibility index (Phi) is 6.14. The number of thioether (sulfide) groups is 1. The number of hydrogen-bond acceptors (Lipinski definition) is 5. The Morgan fingerprint density at radius 1 is 1.71 bits per heavy atom. The summed E-state index contributed by atoms with van der Waals surface area (Å²) in [6.45, 7) is 1.58. The van der Waals surface area contributed by atoms with E-state index < -0.39 is 0 Å². The van der Waals surface area contributed by atoms with Gasteiger partial charge in [0.1, 0.15) is 0 Å². The highest BCUT2D eigenvalue weighted by Crippen LogP contribution is 1.97. The van der Waals surface area contributed by atoms with Crippen LogP contribution in [0.15, 0.2) is 6.20 Å². The van der Waals surface area contributed by atoms with Crippen molar-refractivity contribution in [1.82, 2.24) is 20.3 Å². The third-order valence-electron chi connectivity index (χ3n) is 1.85. The van der Waals surface area contributed by atoms with Gasteiger partial charge in [-0.2, -0.15) is 0 Å². The monoisotopic (exact) mass is 253 g/mol. The molecule has 1 amide bonds. The number of carbonyl (C=O) groups excluding carboxylic acids is 1. The van der Waals surface area contributed by atoms with Crippen molar-refractivity contribution in [2.75, 3.05) is 24.6 Å². The Balaban J connectivity index is 2.29. The number of carbonyl (C=O) groups is 1. The minimum Gasteiger partial charge on any atom is -0.350 e. The maximum atomic E-state index is 11.6. The van der Waals surface area contributed by atoms with E-state index in [1.165, 1.54) is 0 Å². The van der Waals surface area contributed by atoms with Crippen molar-refractivity contribution in [3.8, 4) is 12.3 Å². The molecule has 0 aromatic carbocycles. The summed E-state index contributed by atoms with van der Waals surface area (Å²) in [6, 6.07) is 0. The molecule has 3 N–H and O–H groups in total. The molecule has 1 heterocycles. The van der Waals surface area contributed by atoms with Gasteiger partial charge in [0.15, 0.2) is 5.69 Å². The first kappa shape index (κ1) is 13.5. The van der Waals surface area contributed by atoms with Gasteiger partial charge in [-0.3, -0.25) is 9.48 Å². The number of nitrogens with one attached hydrogen (secondary N) is 1. The maximum Gasteiger partial charge on any atom is 0.273 e. The summed E-state index contributed by atoms with van der Waals surface area (Å²) >= 11 is 1.60. The molecule has 0 unspecified atom stereocenters. The molecule has 6 nitrogen and oxygen atoms in total. The topological polar surface area (TPSA) is 85.8 Å². The molecule has 0 bridgehead atoms. The molecule has 0 saturated carbocycles. The SMILES string of the molecule is C#CCSCCNC(=O)c1cn(CCN)nn1. The quantitative estimate of drug-likeness (QED) is 0.497. The smallest absolute Gasteiger partial charge is 0.273 e. The molecule has 1 aromatic heterocycles. The van der Waals surface area contributed by atoms with Crippen molar-refractivity contribution >= 4 is 17.7 Å². The van der Waals surface area contributed by atoms with Gasteiger partial charge >= 0.3 is 0 Å². The number of nitrogens with zero attached hydrogens (tertiary/aromatic N) is 3. The van der Waals surface area contributed by atoms with Gasteiger partial charge in [0.25, 0.3) is 5.91 Å². The second-order valence-corrected chi connectivity index (χ2v) is 4.27. The third kappa shape index (κ3) is 4.89. The lowest BCUT2D eigenvalue weighted by molar-refractivity contribution is 0.0951. The van der Waals surface area contributed by atoms with E-state index in [2.05, 4.69) is 21.5 Å². The number of terminal acetylenes is 1. The minimum absolute atomic E-state index is 0.227. The molecule has 0 aliphatic carbocycles. The van der Waals surface area contributed by atoms with Crippen LogP contribution in [0, 0.1) is 12.3 Å². The normalized spacial score (nSPS) is 9.88. The zero-order valence-electron chi connectivity index (χ0n) is 9.43. The fourth-order valence-electron chi connectivity index (χ4n) is 1.10. The van der Waals surface area contributed by atoms with Crippen LogP contribution in [0.4, 0.5) is 0 Å². The highest BCUT2D eigenvalue weighted by atomic mass is 32.2. The van der Waals surface area contributed by atoms with Crippen LogP contribution in [-0.2, 0) is 6.54 Å². The zero-order chi connectivity index (χ0) is 12.5. The van der Waals surface area contributed by atoms with E-state index in [1.807, 2.05) is 0 Å². The van der Waals surface area contributed by atoms with E-state index in [0.29, 0.717) is 31.1 Å². The van der Waals surface area contributed by atoms with Gasteiger partial charge in [-0.05, 0) is 0 Å². The van der Waals surface area contributed by atoms with Crippen LogP contribution in [0.1, 0.15) is 10.5 Å². The standard InChI is InChI=1S/C10H15N5OS/c1-2-6-17-7-4-12-10(16)9-8-15(5-3-11)14-13-9/h1,8H,3-7,11H2,(H,12,16). The predicted octanol–water partition coefficient (Wildman–Crippen LogP) is -0.667. The van der Waals surface area contributed by atoms with Crippen molar-refractivity contribution in [1.29, 1.82) is 0 Å². The molecule has 1 aromatic rings. The maximum absolute atomic E-state index is 11.6. The molecule has 0 spiro atoms. The van der Waals surface area contributed by atoms with Gasteiger partial charge in [-0.25, -0.2) is 0 Å². The minimum atomic E-state index is -0.227. The number of nitrogens with two attached hydrogens (primary N) is 1. The Hall–Kier alpha value is -1.52. The first-order chi connectivity index (χ1) is 8.27. The molecule has 7 heteroatoms. The molecule has 17 heavy (non-hydrogen) atoms. The van der Waals surface area contributed by atoms with Crippen LogP contribution >= 0.6 is 11.8 Å². The number of amides is 1. The molecule has 0 saturated heterocycles. The fourth-order valence-corrected chi connectivity index (χ4v) is 1.61. The Morgan fingerprint density at radius 3 is 3.24 bits per heavy atom. The molecule has 0 radical (unpaired) electrons. The molecular formula is C10H15N5OS. The first-order valence-electron chi connectivity index (χ1n) is 5.17. The van der Waals surface area contributed by atoms with Gasteiger partial charge in [-0.15, -0.1) is 23.3 Å². The van der Waals surface area contributed by atoms with E-state index >= 15 is 0 Å². The lowest BCUT2D eigenvalue weighted by Crippen LogP contribution is -2.26. The van der Waals surface area contributed by atoms with Crippen molar-refractivity contribution in [3.63, 3.8) is 0 Å². The van der Waals surface area contributed by atoms with Gasteiger partial charge < -0.3 is 11.1 Å². The summed E-state index contributed by atoms with van der Waals surface area (Å²) in [5, 5.41) is 10.3. The lowest BCUT2D eigenvalue weighted by atomic mass is 10.4. The van der Waals surface area contributed by atoms with E-state index in [9.17, 15) is 4.79 Å². The highest BCUT2D eigenvalue weighted by molar-refractivity contribution is 7.99. The summed E-state index contributed by atoms with van der Waals surface area (Å²) in [5.41, 5.74) is 5.67. The molecule has 0 atom stereocenters. The summed E-state index contributed by atoms with van der Waals surface area (Å²) < 4.78 is 1.54. The highest BCUT2D eigenvalue weighted by Gasteiger charge is 2.09. The van der Waals surface area contributed by atoms with Crippen LogP contribution in [0.3, 0.4) is 0 Å². The molecular weight excluding hydrogens is 238 g/mol. The van der Waals surface area contributed by atoms with Crippen LogP contribution in [0.25, 0.3) is 0 Å². The Labute approximate surface area is 104 Å². The van der Waals surface area contributed by atoms with Crippen LogP contribution < -0.4 is 11.1 Å². The van der Waals surface area contributed by atoms with E-state index in [1.54, 1.807) is 22.6 Å². The predicted molar refractivity (Wildman–Crippen MR) is 67.6 cm³/mol. The van der Waals surface area contributed by atoms with Crippen molar-refractivity contribution < 1.29 is 4.79 Å². The third-order valence-corrected chi connectivity index (χ3v) is 2.71. The van der Waals surface area contributed by atoms with E-state index in [-0.39, 0.29) is 5.91 Å².